The molecule has 0 bridgehead atoms. The summed E-state index contributed by atoms with van der Waals surface area (Å²) < 4.78 is 12.4. The number of ether oxygens (including phenoxy) is 2. The maximum atomic E-state index is 11.9. The molecular weight excluding hydrogens is 352 g/mol. The minimum atomic E-state index is -0.468. The van der Waals surface area contributed by atoms with Crippen LogP contribution in [0.1, 0.15) is 38.8 Å². The fourth-order valence-electron chi connectivity index (χ4n) is 2.98. The van der Waals surface area contributed by atoms with E-state index in [9.17, 15) is 4.79 Å². The predicted molar refractivity (Wildman–Crippen MR) is 113 cm³/mol. The number of rotatable bonds is 8. The van der Waals surface area contributed by atoms with Crippen LogP contribution in [0.15, 0.2) is 53.4 Å². The van der Waals surface area contributed by atoms with E-state index in [-0.39, 0.29) is 5.70 Å². The van der Waals surface area contributed by atoms with Crippen molar-refractivity contribution in [3.63, 3.8) is 0 Å². The number of aliphatic imine (C=N–C) groups is 1. The van der Waals surface area contributed by atoms with Crippen LogP contribution in [-0.4, -0.2) is 30.5 Å². The first-order chi connectivity index (χ1) is 13.5. The summed E-state index contributed by atoms with van der Waals surface area (Å²) in [5.41, 5.74) is 5.45. The number of methoxy groups -OCH3 is 2. The SMILES string of the molecule is C=CC(Cn1c(C(C)CC)cc2c1=C=CC=C(OC)C=2)=N/C(=C\C)C(=O)OC. The van der Waals surface area contributed by atoms with Gasteiger partial charge in [0.15, 0.2) is 0 Å². The van der Waals surface area contributed by atoms with Crippen molar-refractivity contribution in [2.45, 2.75) is 39.7 Å². The van der Waals surface area contributed by atoms with Crippen LogP contribution in [0.4, 0.5) is 0 Å². The number of fused-ring (bicyclic) bond motifs is 1. The number of esters is 1. The monoisotopic (exact) mass is 380 g/mol. The van der Waals surface area contributed by atoms with Crippen molar-refractivity contribution in [1.82, 2.24) is 4.57 Å². The summed E-state index contributed by atoms with van der Waals surface area (Å²) in [5, 5.41) is 1.99. The lowest BCUT2D eigenvalue weighted by molar-refractivity contribution is -0.136. The molecule has 0 amide bonds. The summed E-state index contributed by atoms with van der Waals surface area (Å²) in [6, 6.07) is 2.17. The molecule has 148 valence electrons. The fourth-order valence-corrected chi connectivity index (χ4v) is 2.98. The second-order valence-corrected chi connectivity index (χ2v) is 6.47. The van der Waals surface area contributed by atoms with Gasteiger partial charge >= 0.3 is 5.97 Å². The second kappa shape index (κ2) is 9.77. The second-order valence-electron chi connectivity index (χ2n) is 6.47. The lowest BCUT2D eigenvalue weighted by Crippen LogP contribution is -2.31. The van der Waals surface area contributed by atoms with Crippen molar-refractivity contribution < 1.29 is 14.3 Å². The summed E-state index contributed by atoms with van der Waals surface area (Å²) in [5.74, 6) is 0.660. The van der Waals surface area contributed by atoms with E-state index in [1.807, 2.05) is 18.2 Å². The van der Waals surface area contributed by atoms with Gasteiger partial charge in [-0.15, -0.1) is 0 Å². The third kappa shape index (κ3) is 4.62. The van der Waals surface area contributed by atoms with Gasteiger partial charge in [0.25, 0.3) is 0 Å². The van der Waals surface area contributed by atoms with Crippen LogP contribution < -0.4 is 10.6 Å². The van der Waals surface area contributed by atoms with Crippen LogP contribution in [0.2, 0.25) is 0 Å². The summed E-state index contributed by atoms with van der Waals surface area (Å²) in [6.45, 7) is 10.5. The largest absolute Gasteiger partial charge is 0.497 e. The van der Waals surface area contributed by atoms with Crippen molar-refractivity contribution in [3.05, 3.63) is 64.7 Å². The number of allylic oxidation sites excluding steroid dienone is 5. The van der Waals surface area contributed by atoms with Crippen LogP contribution in [0.25, 0.3) is 11.8 Å². The number of hydrogen-bond acceptors (Lipinski definition) is 4. The minimum Gasteiger partial charge on any atom is -0.497 e. The van der Waals surface area contributed by atoms with Crippen LogP contribution in [0, 0.1) is 0 Å². The lowest BCUT2D eigenvalue weighted by Gasteiger charge is -2.14. The third-order valence-corrected chi connectivity index (χ3v) is 4.76. The molecule has 28 heavy (non-hydrogen) atoms. The van der Waals surface area contributed by atoms with Crippen molar-refractivity contribution in [3.8, 4) is 0 Å². The molecule has 1 heterocycles. The normalized spacial score (nSPS) is 14.8. The molecule has 0 aliphatic heterocycles. The van der Waals surface area contributed by atoms with E-state index >= 15 is 0 Å². The average Bonchev–Trinajstić information content (AvgIpc) is 2.91. The molecule has 1 aromatic heterocycles. The Labute approximate surface area is 166 Å². The van der Waals surface area contributed by atoms with E-state index in [4.69, 9.17) is 9.47 Å². The van der Waals surface area contributed by atoms with Gasteiger partial charge in [-0.2, -0.15) is 0 Å². The van der Waals surface area contributed by atoms with Gasteiger partial charge in [-0.1, -0.05) is 32.2 Å². The Morgan fingerprint density at radius 1 is 1.43 bits per heavy atom. The summed E-state index contributed by atoms with van der Waals surface area (Å²) in [7, 11) is 3.00. The van der Waals surface area contributed by atoms with Crippen molar-refractivity contribution in [2.75, 3.05) is 14.2 Å². The minimum absolute atomic E-state index is 0.259. The van der Waals surface area contributed by atoms with Gasteiger partial charge in [0.1, 0.15) is 11.5 Å². The quantitative estimate of drug-likeness (QED) is 0.396. The standard InChI is InChI=1S/C23H28N2O3/c1-7-16(4)22-14-17-13-19(27-5)11-10-12-21(17)25(22)15-18(8-2)24-20(9-3)23(26)28-6/h8-11,13-14,16H,2,7,15H2,1,3-6H3/b20-9-,24-18?. The average molecular weight is 380 g/mol. The molecule has 1 unspecified atom stereocenters. The van der Waals surface area contributed by atoms with E-state index in [0.717, 1.165) is 22.7 Å². The van der Waals surface area contributed by atoms with Gasteiger partial charge in [0, 0.05) is 10.9 Å². The zero-order valence-corrected chi connectivity index (χ0v) is 17.3. The van der Waals surface area contributed by atoms with Crippen molar-refractivity contribution in [2.24, 2.45) is 4.99 Å². The van der Waals surface area contributed by atoms with E-state index in [2.05, 4.69) is 41.8 Å². The highest BCUT2D eigenvalue weighted by atomic mass is 16.5. The first kappa shape index (κ1) is 21.3. The van der Waals surface area contributed by atoms with Gasteiger partial charge in [-0.05, 0) is 49.6 Å². The Hall–Kier alpha value is -3.04. The molecule has 5 nitrogen and oxygen atoms in total. The zero-order valence-electron chi connectivity index (χ0n) is 17.3. The summed E-state index contributed by atoms with van der Waals surface area (Å²) >= 11 is 0. The van der Waals surface area contributed by atoms with E-state index in [1.54, 1.807) is 26.2 Å². The Morgan fingerprint density at radius 2 is 2.18 bits per heavy atom. The van der Waals surface area contributed by atoms with E-state index in [1.165, 1.54) is 12.8 Å². The van der Waals surface area contributed by atoms with E-state index < -0.39 is 5.97 Å². The Bertz CT molecular complexity index is 999. The molecule has 1 aromatic rings. The Morgan fingerprint density at radius 3 is 2.75 bits per heavy atom. The smallest absolute Gasteiger partial charge is 0.356 e. The van der Waals surface area contributed by atoms with Gasteiger partial charge in [0.2, 0.25) is 0 Å². The molecule has 0 aromatic carbocycles. The molecule has 1 atom stereocenters. The maximum Gasteiger partial charge on any atom is 0.356 e. The molecule has 0 radical (unpaired) electrons. The Kier molecular flexibility index (Phi) is 7.42. The number of carbonyl (C=O) groups is 1. The summed E-state index contributed by atoms with van der Waals surface area (Å²) in [6.07, 6.45) is 10.0. The lowest BCUT2D eigenvalue weighted by atomic mass is 10.1. The molecule has 1 aliphatic carbocycles. The summed E-state index contributed by atoms with van der Waals surface area (Å²) in [4.78, 5) is 16.4. The predicted octanol–water partition coefficient (Wildman–Crippen LogP) is 2.97. The van der Waals surface area contributed by atoms with Crippen LogP contribution in [0.3, 0.4) is 0 Å². The van der Waals surface area contributed by atoms with Crippen LogP contribution in [0.5, 0.6) is 0 Å². The van der Waals surface area contributed by atoms with Crippen LogP contribution >= 0.6 is 0 Å². The molecule has 0 N–H and O–H groups in total. The molecule has 0 fully saturated rings. The number of aromatic nitrogens is 1. The molecular formula is C23H28N2O3. The fraction of sp³-hybridized carbons (Fsp3) is 0.348. The highest BCUT2D eigenvalue weighted by molar-refractivity contribution is 5.99. The molecule has 5 heteroatoms. The van der Waals surface area contributed by atoms with E-state index in [0.29, 0.717) is 18.2 Å². The first-order valence-corrected chi connectivity index (χ1v) is 9.35. The third-order valence-electron chi connectivity index (χ3n) is 4.76. The topological polar surface area (TPSA) is 52.8 Å². The number of hydrogen-bond donors (Lipinski definition) is 0. The van der Waals surface area contributed by atoms with Gasteiger partial charge in [-0.25, -0.2) is 9.79 Å². The van der Waals surface area contributed by atoms with Gasteiger partial charge < -0.3 is 14.0 Å². The van der Waals surface area contributed by atoms with Crippen LogP contribution in [-0.2, 0) is 20.8 Å². The molecule has 0 spiro atoms. The number of nitrogens with zero attached hydrogens (tertiary/aromatic N) is 2. The van der Waals surface area contributed by atoms with Crippen molar-refractivity contribution >= 4 is 23.5 Å². The molecule has 2 rings (SSSR count). The zero-order chi connectivity index (χ0) is 20.7. The molecule has 0 saturated heterocycles. The highest BCUT2D eigenvalue weighted by Crippen LogP contribution is 2.17. The van der Waals surface area contributed by atoms with Gasteiger partial charge in [-0.3, -0.25) is 0 Å². The van der Waals surface area contributed by atoms with Gasteiger partial charge in [0.05, 0.1) is 31.8 Å². The molecule has 1 aliphatic rings. The highest BCUT2D eigenvalue weighted by Gasteiger charge is 2.15. The maximum absolute atomic E-state index is 11.9. The first-order valence-electron chi connectivity index (χ1n) is 9.35. The van der Waals surface area contributed by atoms with Crippen molar-refractivity contribution in [1.29, 1.82) is 0 Å². The molecule has 0 saturated carbocycles. The number of carbonyl (C=O) groups excluding carboxylic acids is 1. The Balaban J connectivity index is 2.62.